The number of rotatable bonds is 8. The van der Waals surface area contributed by atoms with Crippen molar-refractivity contribution in [2.75, 3.05) is 24.4 Å². The second-order valence-electron chi connectivity index (χ2n) is 9.36. The summed E-state index contributed by atoms with van der Waals surface area (Å²) in [5, 5.41) is 15.5. The van der Waals surface area contributed by atoms with Gasteiger partial charge in [0.05, 0.1) is 37.1 Å². The SMILES string of the molecule is CN[C@@H](C)C(=O)Nc1cc(CO)cc(COc2cc3c(cc2OC)C(=O)N2c4ccccc4C[C@H]2C=N3)c1. The van der Waals surface area contributed by atoms with Gasteiger partial charge in [-0.3, -0.25) is 19.5 Å². The van der Waals surface area contributed by atoms with Crippen molar-refractivity contribution >= 4 is 35.1 Å². The van der Waals surface area contributed by atoms with Gasteiger partial charge in [0.2, 0.25) is 5.91 Å². The Morgan fingerprint density at radius 2 is 1.95 bits per heavy atom. The molecule has 0 fully saturated rings. The monoisotopic (exact) mass is 514 g/mol. The van der Waals surface area contributed by atoms with Crippen LogP contribution >= 0.6 is 0 Å². The van der Waals surface area contributed by atoms with E-state index in [9.17, 15) is 14.7 Å². The molecule has 0 aromatic heterocycles. The number of likely N-dealkylation sites (N-methyl/N-ethyl adjacent to an activating group) is 1. The number of aliphatic hydroxyl groups is 1. The zero-order chi connectivity index (χ0) is 26.8. The van der Waals surface area contributed by atoms with Crippen LogP contribution in [0.3, 0.4) is 0 Å². The molecule has 2 amide bonds. The van der Waals surface area contributed by atoms with Gasteiger partial charge in [0, 0.05) is 30.1 Å². The highest BCUT2D eigenvalue weighted by molar-refractivity contribution is 6.14. The molecular weight excluding hydrogens is 484 g/mol. The summed E-state index contributed by atoms with van der Waals surface area (Å²) in [4.78, 5) is 32.3. The fourth-order valence-corrected chi connectivity index (χ4v) is 4.74. The fourth-order valence-electron chi connectivity index (χ4n) is 4.74. The number of hydrogen-bond donors (Lipinski definition) is 3. The van der Waals surface area contributed by atoms with Gasteiger partial charge in [-0.1, -0.05) is 18.2 Å². The number of nitrogens with zero attached hydrogens (tertiary/aromatic N) is 2. The van der Waals surface area contributed by atoms with Crippen LogP contribution in [0.2, 0.25) is 0 Å². The summed E-state index contributed by atoms with van der Waals surface area (Å²) in [6.45, 7) is 1.72. The van der Waals surface area contributed by atoms with Gasteiger partial charge in [-0.2, -0.15) is 0 Å². The van der Waals surface area contributed by atoms with Gasteiger partial charge in [-0.15, -0.1) is 0 Å². The smallest absolute Gasteiger partial charge is 0.261 e. The normalized spacial score (nSPS) is 16.3. The van der Waals surface area contributed by atoms with Crippen LogP contribution in [0.25, 0.3) is 0 Å². The molecule has 3 N–H and O–H groups in total. The predicted molar refractivity (Wildman–Crippen MR) is 146 cm³/mol. The van der Waals surface area contributed by atoms with Crippen molar-refractivity contribution in [2.45, 2.75) is 38.6 Å². The van der Waals surface area contributed by atoms with Crippen LogP contribution in [0.1, 0.15) is 34.0 Å². The second kappa shape index (κ2) is 10.6. The van der Waals surface area contributed by atoms with E-state index in [4.69, 9.17) is 9.47 Å². The summed E-state index contributed by atoms with van der Waals surface area (Å²) in [6.07, 6.45) is 2.53. The number of nitrogens with one attached hydrogen (secondary N) is 2. The summed E-state index contributed by atoms with van der Waals surface area (Å²) in [7, 11) is 3.23. The topological polar surface area (TPSA) is 112 Å². The predicted octanol–water partition coefficient (Wildman–Crippen LogP) is 3.60. The average Bonchev–Trinajstić information content (AvgIpc) is 3.25. The lowest BCUT2D eigenvalue weighted by atomic mass is 10.1. The van der Waals surface area contributed by atoms with E-state index in [2.05, 4.69) is 15.6 Å². The highest BCUT2D eigenvalue weighted by atomic mass is 16.5. The van der Waals surface area contributed by atoms with Crippen LogP contribution in [0, 0.1) is 0 Å². The molecule has 0 saturated carbocycles. The highest BCUT2D eigenvalue weighted by Crippen LogP contribution is 2.41. The summed E-state index contributed by atoms with van der Waals surface area (Å²) < 4.78 is 11.7. The molecule has 0 unspecified atom stereocenters. The van der Waals surface area contributed by atoms with Crippen molar-refractivity contribution in [3.63, 3.8) is 0 Å². The number of fused-ring (bicyclic) bond motifs is 4. The summed E-state index contributed by atoms with van der Waals surface area (Å²) >= 11 is 0. The maximum Gasteiger partial charge on any atom is 0.261 e. The first-order valence-corrected chi connectivity index (χ1v) is 12.4. The molecule has 5 rings (SSSR count). The molecule has 0 radical (unpaired) electrons. The molecule has 3 aromatic carbocycles. The van der Waals surface area contributed by atoms with E-state index in [1.807, 2.05) is 30.5 Å². The van der Waals surface area contributed by atoms with Gasteiger partial charge in [-0.05, 0) is 61.0 Å². The van der Waals surface area contributed by atoms with Crippen LogP contribution in [-0.2, 0) is 24.4 Å². The van der Waals surface area contributed by atoms with Gasteiger partial charge in [0.25, 0.3) is 5.91 Å². The lowest BCUT2D eigenvalue weighted by Crippen LogP contribution is -2.37. The number of aliphatic imine (C=N–C) groups is 1. The van der Waals surface area contributed by atoms with E-state index in [0.717, 1.165) is 16.8 Å². The Bertz CT molecular complexity index is 1420. The molecular formula is C29H30N4O5. The molecule has 0 bridgehead atoms. The molecule has 196 valence electrons. The Morgan fingerprint density at radius 1 is 1.16 bits per heavy atom. The van der Waals surface area contributed by atoms with E-state index in [-0.39, 0.29) is 37.1 Å². The molecule has 9 heteroatoms. The minimum absolute atomic E-state index is 0.135. The quantitative estimate of drug-likeness (QED) is 0.424. The third kappa shape index (κ3) is 4.85. The summed E-state index contributed by atoms with van der Waals surface area (Å²) in [5.41, 5.74) is 4.92. The minimum atomic E-state index is -0.371. The lowest BCUT2D eigenvalue weighted by Gasteiger charge is -2.22. The highest BCUT2D eigenvalue weighted by Gasteiger charge is 2.36. The summed E-state index contributed by atoms with van der Waals surface area (Å²) in [6, 6.07) is 16.1. The van der Waals surface area contributed by atoms with E-state index >= 15 is 0 Å². The number of aliphatic hydroxyl groups excluding tert-OH is 1. The average molecular weight is 515 g/mol. The first-order valence-electron chi connectivity index (χ1n) is 12.4. The molecule has 2 aliphatic heterocycles. The molecule has 38 heavy (non-hydrogen) atoms. The standard InChI is InChI=1S/C29H30N4O5/c1-17(30-2)28(35)32-21-9-18(15-34)8-19(10-21)16-38-27-13-24-23(12-26(27)37-3)29(36)33-22(14-31-24)11-20-6-4-5-7-25(20)33/h4-10,12-14,17,22,30,34H,11,15-16H2,1-3H3,(H,32,35)/t17-,22-/m0/s1. The number of amides is 2. The van der Waals surface area contributed by atoms with Crippen molar-refractivity contribution in [3.05, 3.63) is 76.9 Å². The molecule has 3 aromatic rings. The van der Waals surface area contributed by atoms with Crippen LogP contribution in [0.15, 0.2) is 59.6 Å². The molecule has 2 aliphatic rings. The Morgan fingerprint density at radius 3 is 2.71 bits per heavy atom. The van der Waals surface area contributed by atoms with Crippen molar-refractivity contribution in [3.8, 4) is 11.5 Å². The molecule has 0 spiro atoms. The van der Waals surface area contributed by atoms with Crippen molar-refractivity contribution in [2.24, 2.45) is 4.99 Å². The van der Waals surface area contributed by atoms with Crippen LogP contribution < -0.4 is 25.0 Å². The largest absolute Gasteiger partial charge is 0.493 e. The third-order valence-corrected chi connectivity index (χ3v) is 6.85. The number of carbonyl (C=O) groups is 2. The Labute approximate surface area is 221 Å². The first kappa shape index (κ1) is 25.4. The van der Waals surface area contributed by atoms with E-state index in [0.29, 0.717) is 40.4 Å². The van der Waals surface area contributed by atoms with Gasteiger partial charge < -0.3 is 25.2 Å². The number of methoxy groups -OCH3 is 1. The molecule has 2 heterocycles. The Balaban J connectivity index is 1.40. The number of benzene rings is 3. The maximum absolute atomic E-state index is 13.6. The Hall–Kier alpha value is -4.21. The van der Waals surface area contributed by atoms with Crippen LogP contribution in [0.5, 0.6) is 11.5 Å². The minimum Gasteiger partial charge on any atom is -0.493 e. The molecule has 2 atom stereocenters. The molecule has 0 saturated heterocycles. The first-order chi connectivity index (χ1) is 18.4. The van der Waals surface area contributed by atoms with Crippen molar-refractivity contribution in [1.29, 1.82) is 0 Å². The third-order valence-electron chi connectivity index (χ3n) is 6.85. The maximum atomic E-state index is 13.6. The van der Waals surface area contributed by atoms with E-state index in [1.54, 1.807) is 49.2 Å². The van der Waals surface area contributed by atoms with Gasteiger partial charge >= 0.3 is 0 Å². The van der Waals surface area contributed by atoms with Gasteiger partial charge in [-0.25, -0.2) is 0 Å². The summed E-state index contributed by atoms with van der Waals surface area (Å²) in [5.74, 6) is 0.520. The zero-order valence-electron chi connectivity index (χ0n) is 21.5. The van der Waals surface area contributed by atoms with Gasteiger partial charge in [0.1, 0.15) is 6.61 Å². The molecule has 0 aliphatic carbocycles. The van der Waals surface area contributed by atoms with Crippen molar-refractivity contribution < 1.29 is 24.2 Å². The number of anilines is 2. The number of ether oxygens (including phenoxy) is 2. The van der Waals surface area contributed by atoms with E-state index in [1.165, 1.54) is 7.11 Å². The van der Waals surface area contributed by atoms with Crippen LogP contribution in [-0.4, -0.2) is 49.4 Å². The number of para-hydroxylation sites is 1. The Kier molecular flexibility index (Phi) is 7.13. The van der Waals surface area contributed by atoms with Crippen LogP contribution in [0.4, 0.5) is 17.1 Å². The number of hydrogen-bond acceptors (Lipinski definition) is 7. The number of carbonyl (C=O) groups excluding carboxylic acids is 2. The van der Waals surface area contributed by atoms with E-state index < -0.39 is 0 Å². The fraction of sp³-hybridized carbons (Fsp3) is 0.276. The van der Waals surface area contributed by atoms with Gasteiger partial charge in [0.15, 0.2) is 11.5 Å². The lowest BCUT2D eigenvalue weighted by molar-refractivity contribution is -0.117. The zero-order valence-corrected chi connectivity index (χ0v) is 21.5. The molecule has 9 nitrogen and oxygen atoms in total. The van der Waals surface area contributed by atoms with Crippen molar-refractivity contribution in [1.82, 2.24) is 5.32 Å². The second-order valence-corrected chi connectivity index (χ2v) is 9.36.